The minimum atomic E-state index is 0.245. The summed E-state index contributed by atoms with van der Waals surface area (Å²) in [5.41, 5.74) is 5.45. The van der Waals surface area contributed by atoms with Gasteiger partial charge in [0, 0.05) is 35.8 Å². The van der Waals surface area contributed by atoms with E-state index in [0.717, 1.165) is 22.8 Å². The third-order valence-electron chi connectivity index (χ3n) is 4.27. The molecule has 0 amide bonds. The predicted molar refractivity (Wildman–Crippen MR) is 113 cm³/mol. The molecule has 0 spiro atoms. The van der Waals surface area contributed by atoms with E-state index in [9.17, 15) is 0 Å². The van der Waals surface area contributed by atoms with Gasteiger partial charge in [0.2, 0.25) is 5.95 Å². The summed E-state index contributed by atoms with van der Waals surface area (Å²) in [5, 5.41) is 6.72. The molecule has 2 N–H and O–H groups in total. The molecule has 2 heterocycles. The standard InChI is InChI=1S/C22H27N5/c1-14(2)19-9-8-18(11-16(19)5)25-21-12-20(17-7-6-10-23-13-17)26-22(27-21)24-15(3)4/h6-15H,1-5H3,(H2,24,25,26,27). The number of rotatable bonds is 6. The molecule has 5 heteroatoms. The second-order valence-electron chi connectivity index (χ2n) is 7.35. The lowest BCUT2D eigenvalue weighted by Gasteiger charge is -2.15. The Morgan fingerprint density at radius 2 is 1.78 bits per heavy atom. The highest BCUT2D eigenvalue weighted by Gasteiger charge is 2.10. The molecule has 1 aromatic carbocycles. The van der Waals surface area contributed by atoms with E-state index < -0.39 is 0 Å². The van der Waals surface area contributed by atoms with Crippen molar-refractivity contribution in [2.75, 3.05) is 10.6 Å². The van der Waals surface area contributed by atoms with E-state index in [1.165, 1.54) is 11.1 Å². The zero-order valence-electron chi connectivity index (χ0n) is 16.6. The van der Waals surface area contributed by atoms with E-state index in [-0.39, 0.29) is 6.04 Å². The fourth-order valence-corrected chi connectivity index (χ4v) is 3.05. The van der Waals surface area contributed by atoms with Crippen LogP contribution in [0.5, 0.6) is 0 Å². The first-order valence-electron chi connectivity index (χ1n) is 9.36. The van der Waals surface area contributed by atoms with Gasteiger partial charge in [-0.1, -0.05) is 19.9 Å². The maximum absolute atomic E-state index is 4.64. The highest BCUT2D eigenvalue weighted by molar-refractivity contribution is 5.67. The van der Waals surface area contributed by atoms with Crippen LogP contribution < -0.4 is 10.6 Å². The number of hydrogen-bond donors (Lipinski definition) is 2. The number of aromatic nitrogens is 3. The summed E-state index contributed by atoms with van der Waals surface area (Å²) in [6.45, 7) is 10.7. The van der Waals surface area contributed by atoms with E-state index in [0.29, 0.717) is 11.9 Å². The van der Waals surface area contributed by atoms with Crippen LogP contribution in [-0.2, 0) is 0 Å². The maximum Gasteiger partial charge on any atom is 0.225 e. The number of pyridine rings is 1. The van der Waals surface area contributed by atoms with Crippen molar-refractivity contribution in [3.05, 3.63) is 59.9 Å². The lowest BCUT2D eigenvalue weighted by Crippen LogP contribution is -2.13. The zero-order valence-corrected chi connectivity index (χ0v) is 16.6. The molecule has 2 aromatic heterocycles. The molecule has 0 aliphatic rings. The molecule has 3 rings (SSSR count). The molecule has 140 valence electrons. The summed E-state index contributed by atoms with van der Waals surface area (Å²) in [6, 6.07) is 12.6. The smallest absolute Gasteiger partial charge is 0.225 e. The Morgan fingerprint density at radius 1 is 0.963 bits per heavy atom. The first kappa shape index (κ1) is 18.8. The highest BCUT2D eigenvalue weighted by Crippen LogP contribution is 2.26. The number of nitrogens with one attached hydrogen (secondary N) is 2. The molecule has 27 heavy (non-hydrogen) atoms. The van der Waals surface area contributed by atoms with Crippen molar-refractivity contribution in [3.8, 4) is 11.3 Å². The van der Waals surface area contributed by atoms with Crippen molar-refractivity contribution in [2.24, 2.45) is 0 Å². The third kappa shape index (κ3) is 4.82. The van der Waals surface area contributed by atoms with Crippen LogP contribution in [0, 0.1) is 6.92 Å². The van der Waals surface area contributed by atoms with Crippen LogP contribution >= 0.6 is 0 Å². The first-order chi connectivity index (χ1) is 12.9. The lowest BCUT2D eigenvalue weighted by atomic mass is 9.98. The maximum atomic E-state index is 4.64. The molecule has 0 unspecified atom stereocenters. The van der Waals surface area contributed by atoms with Gasteiger partial charge in [-0.15, -0.1) is 0 Å². The summed E-state index contributed by atoms with van der Waals surface area (Å²) in [6.07, 6.45) is 3.57. The Bertz CT molecular complexity index is 904. The van der Waals surface area contributed by atoms with Crippen molar-refractivity contribution in [3.63, 3.8) is 0 Å². The lowest BCUT2D eigenvalue weighted by molar-refractivity contribution is 0.857. The number of hydrogen-bond acceptors (Lipinski definition) is 5. The number of aryl methyl sites for hydroxylation is 1. The van der Waals surface area contributed by atoms with Gasteiger partial charge in [0.15, 0.2) is 0 Å². The number of anilines is 3. The Labute approximate surface area is 161 Å². The SMILES string of the molecule is Cc1cc(Nc2cc(-c3cccnc3)nc(NC(C)C)n2)ccc1C(C)C. The van der Waals surface area contributed by atoms with Crippen LogP contribution in [0.15, 0.2) is 48.8 Å². The summed E-state index contributed by atoms with van der Waals surface area (Å²) in [7, 11) is 0. The number of nitrogens with zero attached hydrogens (tertiary/aromatic N) is 3. The molecule has 0 atom stereocenters. The summed E-state index contributed by atoms with van der Waals surface area (Å²) in [4.78, 5) is 13.5. The van der Waals surface area contributed by atoms with Gasteiger partial charge in [0.1, 0.15) is 5.82 Å². The van der Waals surface area contributed by atoms with Gasteiger partial charge in [-0.3, -0.25) is 4.98 Å². The predicted octanol–water partition coefficient (Wildman–Crippen LogP) is 5.53. The van der Waals surface area contributed by atoms with Crippen molar-refractivity contribution in [1.82, 2.24) is 15.0 Å². The summed E-state index contributed by atoms with van der Waals surface area (Å²) >= 11 is 0. The van der Waals surface area contributed by atoms with Crippen molar-refractivity contribution < 1.29 is 0 Å². The Morgan fingerprint density at radius 3 is 2.41 bits per heavy atom. The molecule has 0 aliphatic carbocycles. The quantitative estimate of drug-likeness (QED) is 0.604. The van der Waals surface area contributed by atoms with Crippen LogP contribution in [0.1, 0.15) is 44.7 Å². The van der Waals surface area contributed by atoms with Crippen LogP contribution in [0.2, 0.25) is 0 Å². The minimum Gasteiger partial charge on any atom is -0.352 e. The molecule has 0 radical (unpaired) electrons. The molecule has 0 saturated carbocycles. The molecule has 5 nitrogen and oxygen atoms in total. The molecular formula is C22H27N5. The Balaban J connectivity index is 1.95. The molecule has 0 saturated heterocycles. The first-order valence-corrected chi connectivity index (χ1v) is 9.36. The van der Waals surface area contributed by atoms with E-state index >= 15 is 0 Å². The van der Waals surface area contributed by atoms with E-state index in [2.05, 4.69) is 78.4 Å². The Hall–Kier alpha value is -2.95. The van der Waals surface area contributed by atoms with Crippen LogP contribution in [0.4, 0.5) is 17.5 Å². The average Bonchev–Trinajstić information content (AvgIpc) is 2.61. The van der Waals surface area contributed by atoms with Crippen molar-refractivity contribution >= 4 is 17.5 Å². The summed E-state index contributed by atoms with van der Waals surface area (Å²) in [5.74, 6) is 1.87. The topological polar surface area (TPSA) is 62.7 Å². The van der Waals surface area contributed by atoms with Crippen LogP contribution in [0.3, 0.4) is 0 Å². The second kappa shape index (κ2) is 8.16. The van der Waals surface area contributed by atoms with Gasteiger partial charge < -0.3 is 10.6 Å². The molecule has 0 fully saturated rings. The van der Waals surface area contributed by atoms with E-state index in [1.807, 2.05) is 24.4 Å². The highest BCUT2D eigenvalue weighted by atomic mass is 15.2. The van der Waals surface area contributed by atoms with Crippen LogP contribution in [-0.4, -0.2) is 21.0 Å². The fourth-order valence-electron chi connectivity index (χ4n) is 3.05. The second-order valence-corrected chi connectivity index (χ2v) is 7.35. The molecular weight excluding hydrogens is 334 g/mol. The summed E-state index contributed by atoms with van der Waals surface area (Å²) < 4.78 is 0. The number of benzene rings is 1. The largest absolute Gasteiger partial charge is 0.352 e. The molecule has 0 aliphatic heterocycles. The van der Waals surface area contributed by atoms with E-state index in [4.69, 9.17) is 0 Å². The van der Waals surface area contributed by atoms with Crippen molar-refractivity contribution in [1.29, 1.82) is 0 Å². The normalized spacial score (nSPS) is 11.1. The van der Waals surface area contributed by atoms with Gasteiger partial charge >= 0.3 is 0 Å². The van der Waals surface area contributed by atoms with Gasteiger partial charge in [-0.05, 0) is 62.1 Å². The van der Waals surface area contributed by atoms with Gasteiger partial charge in [-0.25, -0.2) is 4.98 Å². The van der Waals surface area contributed by atoms with Crippen LogP contribution in [0.25, 0.3) is 11.3 Å². The molecule has 0 bridgehead atoms. The third-order valence-corrected chi connectivity index (χ3v) is 4.27. The van der Waals surface area contributed by atoms with E-state index in [1.54, 1.807) is 6.20 Å². The minimum absolute atomic E-state index is 0.245. The van der Waals surface area contributed by atoms with Gasteiger partial charge in [0.05, 0.1) is 5.69 Å². The van der Waals surface area contributed by atoms with Crippen molar-refractivity contribution in [2.45, 2.75) is 46.6 Å². The fraction of sp³-hybridized carbons (Fsp3) is 0.318. The Kier molecular flexibility index (Phi) is 5.69. The van der Waals surface area contributed by atoms with Gasteiger partial charge in [-0.2, -0.15) is 4.98 Å². The van der Waals surface area contributed by atoms with Gasteiger partial charge in [0.25, 0.3) is 0 Å². The zero-order chi connectivity index (χ0) is 19.4. The monoisotopic (exact) mass is 361 g/mol. The molecule has 3 aromatic rings. The average molecular weight is 361 g/mol.